The quantitative estimate of drug-likeness (QED) is 0.773. The summed E-state index contributed by atoms with van der Waals surface area (Å²) in [6, 6.07) is 9.36. The SMILES string of the molecule is CSCCC(Nc1ccccc1)C(N)=O. The third kappa shape index (κ3) is 4.25. The molecule has 1 atom stereocenters. The number of hydrogen-bond acceptors (Lipinski definition) is 3. The van der Waals surface area contributed by atoms with Crippen LogP contribution in [0.3, 0.4) is 0 Å². The summed E-state index contributed by atoms with van der Waals surface area (Å²) in [5.41, 5.74) is 6.25. The standard InChI is InChI=1S/C11H16N2OS/c1-15-8-7-10(11(12)14)13-9-5-3-2-4-6-9/h2-6,10,13H,7-8H2,1H3,(H2,12,14). The Morgan fingerprint density at radius 3 is 2.67 bits per heavy atom. The van der Waals surface area contributed by atoms with E-state index in [2.05, 4.69) is 5.32 Å². The molecular formula is C11H16N2OS. The Kier molecular flexibility index (Phi) is 5.04. The first-order chi connectivity index (χ1) is 7.24. The minimum Gasteiger partial charge on any atom is -0.374 e. The van der Waals surface area contributed by atoms with Gasteiger partial charge in [0, 0.05) is 5.69 Å². The molecular weight excluding hydrogens is 208 g/mol. The molecule has 15 heavy (non-hydrogen) atoms. The molecule has 1 unspecified atom stereocenters. The van der Waals surface area contributed by atoms with Gasteiger partial charge in [-0.2, -0.15) is 11.8 Å². The number of nitrogens with two attached hydrogens (primary N) is 1. The lowest BCUT2D eigenvalue weighted by Crippen LogP contribution is -2.35. The van der Waals surface area contributed by atoms with E-state index in [1.54, 1.807) is 11.8 Å². The summed E-state index contributed by atoms with van der Waals surface area (Å²) in [6.45, 7) is 0. The summed E-state index contributed by atoms with van der Waals surface area (Å²) in [7, 11) is 0. The monoisotopic (exact) mass is 224 g/mol. The molecule has 1 aromatic rings. The molecule has 0 aliphatic heterocycles. The maximum absolute atomic E-state index is 11.2. The summed E-state index contributed by atoms with van der Waals surface area (Å²) in [6.07, 6.45) is 2.77. The van der Waals surface area contributed by atoms with Crippen LogP contribution in [-0.2, 0) is 4.79 Å². The zero-order valence-corrected chi connectivity index (χ0v) is 9.59. The van der Waals surface area contributed by atoms with E-state index in [1.165, 1.54) is 0 Å². The Labute approximate surface area is 94.4 Å². The van der Waals surface area contributed by atoms with E-state index >= 15 is 0 Å². The van der Waals surface area contributed by atoms with Crippen molar-refractivity contribution in [3.05, 3.63) is 30.3 Å². The van der Waals surface area contributed by atoms with Gasteiger partial charge in [0.05, 0.1) is 0 Å². The molecule has 4 heteroatoms. The number of carbonyl (C=O) groups excluding carboxylic acids is 1. The summed E-state index contributed by atoms with van der Waals surface area (Å²) >= 11 is 1.71. The Hall–Kier alpha value is -1.16. The molecule has 82 valence electrons. The van der Waals surface area contributed by atoms with Crippen LogP contribution in [-0.4, -0.2) is 24.0 Å². The van der Waals surface area contributed by atoms with Crippen LogP contribution < -0.4 is 11.1 Å². The van der Waals surface area contributed by atoms with Gasteiger partial charge in [0.25, 0.3) is 0 Å². The van der Waals surface area contributed by atoms with Crippen molar-refractivity contribution in [2.45, 2.75) is 12.5 Å². The number of para-hydroxylation sites is 1. The molecule has 0 saturated heterocycles. The number of amides is 1. The van der Waals surface area contributed by atoms with Gasteiger partial charge in [0.1, 0.15) is 6.04 Å². The van der Waals surface area contributed by atoms with Crippen LogP contribution in [0.2, 0.25) is 0 Å². The number of rotatable bonds is 6. The molecule has 0 spiro atoms. The Morgan fingerprint density at radius 2 is 2.13 bits per heavy atom. The van der Waals surface area contributed by atoms with Crippen LogP contribution in [0.15, 0.2) is 30.3 Å². The average molecular weight is 224 g/mol. The zero-order chi connectivity index (χ0) is 11.1. The number of benzene rings is 1. The van der Waals surface area contributed by atoms with E-state index in [9.17, 15) is 4.79 Å². The van der Waals surface area contributed by atoms with Crippen molar-refractivity contribution < 1.29 is 4.79 Å². The van der Waals surface area contributed by atoms with Crippen molar-refractivity contribution in [3.8, 4) is 0 Å². The fourth-order valence-electron chi connectivity index (χ4n) is 1.26. The van der Waals surface area contributed by atoms with Gasteiger partial charge in [0.2, 0.25) is 5.91 Å². The fourth-order valence-corrected chi connectivity index (χ4v) is 1.73. The van der Waals surface area contributed by atoms with Gasteiger partial charge in [-0.15, -0.1) is 0 Å². The lowest BCUT2D eigenvalue weighted by atomic mass is 10.2. The average Bonchev–Trinajstić information content (AvgIpc) is 2.25. The topological polar surface area (TPSA) is 55.1 Å². The van der Waals surface area contributed by atoms with E-state index in [0.29, 0.717) is 0 Å². The highest BCUT2D eigenvalue weighted by Gasteiger charge is 2.13. The molecule has 0 fully saturated rings. The minimum absolute atomic E-state index is 0.278. The fraction of sp³-hybridized carbons (Fsp3) is 0.364. The van der Waals surface area contributed by atoms with Crippen LogP contribution >= 0.6 is 11.8 Å². The van der Waals surface area contributed by atoms with E-state index in [1.807, 2.05) is 36.6 Å². The molecule has 0 aliphatic carbocycles. The maximum atomic E-state index is 11.2. The van der Waals surface area contributed by atoms with Crippen LogP contribution in [0.5, 0.6) is 0 Å². The molecule has 0 aliphatic rings. The van der Waals surface area contributed by atoms with Gasteiger partial charge in [-0.3, -0.25) is 4.79 Å². The molecule has 0 bridgehead atoms. The maximum Gasteiger partial charge on any atom is 0.239 e. The van der Waals surface area contributed by atoms with Crippen LogP contribution in [0.25, 0.3) is 0 Å². The third-order valence-electron chi connectivity index (χ3n) is 2.07. The Balaban J connectivity index is 2.55. The van der Waals surface area contributed by atoms with Crippen molar-refractivity contribution >= 4 is 23.4 Å². The first-order valence-corrected chi connectivity index (χ1v) is 6.23. The Bertz CT molecular complexity index is 303. The Morgan fingerprint density at radius 1 is 1.47 bits per heavy atom. The highest BCUT2D eigenvalue weighted by molar-refractivity contribution is 7.98. The van der Waals surface area contributed by atoms with Gasteiger partial charge in [-0.05, 0) is 30.6 Å². The summed E-state index contributed by atoms with van der Waals surface area (Å²) in [5.74, 6) is 0.626. The van der Waals surface area contributed by atoms with Crippen molar-refractivity contribution in [1.82, 2.24) is 0 Å². The number of nitrogens with one attached hydrogen (secondary N) is 1. The van der Waals surface area contributed by atoms with Gasteiger partial charge in [0.15, 0.2) is 0 Å². The van der Waals surface area contributed by atoms with Gasteiger partial charge >= 0.3 is 0 Å². The van der Waals surface area contributed by atoms with Crippen molar-refractivity contribution in [1.29, 1.82) is 0 Å². The van der Waals surface area contributed by atoms with Gasteiger partial charge < -0.3 is 11.1 Å². The first-order valence-electron chi connectivity index (χ1n) is 4.84. The molecule has 0 heterocycles. The molecule has 0 saturated carbocycles. The van der Waals surface area contributed by atoms with E-state index < -0.39 is 0 Å². The number of anilines is 1. The first kappa shape index (κ1) is 11.9. The summed E-state index contributed by atoms with van der Waals surface area (Å²) in [4.78, 5) is 11.2. The lowest BCUT2D eigenvalue weighted by molar-refractivity contribution is -0.118. The second-order valence-electron chi connectivity index (χ2n) is 3.25. The largest absolute Gasteiger partial charge is 0.374 e. The van der Waals surface area contributed by atoms with Crippen molar-refractivity contribution in [2.24, 2.45) is 5.73 Å². The predicted octanol–water partition coefficient (Wildman–Crippen LogP) is 1.71. The van der Waals surface area contributed by atoms with E-state index in [0.717, 1.165) is 17.9 Å². The number of carbonyl (C=O) groups is 1. The number of thioether (sulfide) groups is 1. The number of primary amides is 1. The number of hydrogen-bond donors (Lipinski definition) is 2. The highest BCUT2D eigenvalue weighted by Crippen LogP contribution is 2.10. The van der Waals surface area contributed by atoms with E-state index in [-0.39, 0.29) is 11.9 Å². The van der Waals surface area contributed by atoms with E-state index in [4.69, 9.17) is 5.73 Å². The second kappa shape index (κ2) is 6.35. The third-order valence-corrected chi connectivity index (χ3v) is 2.71. The van der Waals surface area contributed by atoms with Crippen molar-refractivity contribution in [3.63, 3.8) is 0 Å². The second-order valence-corrected chi connectivity index (χ2v) is 4.23. The van der Waals surface area contributed by atoms with Crippen molar-refractivity contribution in [2.75, 3.05) is 17.3 Å². The minimum atomic E-state index is -0.298. The molecule has 1 amide bonds. The molecule has 3 nitrogen and oxygen atoms in total. The normalized spacial score (nSPS) is 12.1. The molecule has 0 aromatic heterocycles. The zero-order valence-electron chi connectivity index (χ0n) is 8.77. The molecule has 1 aromatic carbocycles. The highest BCUT2D eigenvalue weighted by atomic mass is 32.2. The lowest BCUT2D eigenvalue weighted by Gasteiger charge is -2.15. The van der Waals surface area contributed by atoms with Gasteiger partial charge in [-0.1, -0.05) is 18.2 Å². The molecule has 1 rings (SSSR count). The molecule has 3 N–H and O–H groups in total. The van der Waals surface area contributed by atoms with Gasteiger partial charge in [-0.25, -0.2) is 0 Å². The smallest absolute Gasteiger partial charge is 0.239 e. The van der Waals surface area contributed by atoms with Crippen LogP contribution in [0, 0.1) is 0 Å². The summed E-state index contributed by atoms with van der Waals surface area (Å²) < 4.78 is 0. The predicted molar refractivity (Wildman–Crippen MR) is 66.0 cm³/mol. The molecule has 0 radical (unpaired) electrons. The summed E-state index contributed by atoms with van der Waals surface area (Å²) in [5, 5.41) is 3.13. The van der Waals surface area contributed by atoms with Crippen LogP contribution in [0.4, 0.5) is 5.69 Å². The van der Waals surface area contributed by atoms with Crippen LogP contribution in [0.1, 0.15) is 6.42 Å².